The normalized spacial score (nSPS) is 11.3. The quantitative estimate of drug-likeness (QED) is 0.502. The Bertz CT molecular complexity index is 1070. The minimum absolute atomic E-state index is 0.104. The number of azo groups is 1. The van der Waals surface area contributed by atoms with Gasteiger partial charge in [0.15, 0.2) is 0 Å². The number of hydrogen-bond acceptors (Lipinski definition) is 5. The molecule has 0 unspecified atom stereocenters. The van der Waals surface area contributed by atoms with Crippen LogP contribution in [0.15, 0.2) is 75.3 Å². The van der Waals surface area contributed by atoms with Crippen molar-refractivity contribution in [1.82, 2.24) is 0 Å². The first-order valence-electron chi connectivity index (χ1n) is 7.38. The van der Waals surface area contributed by atoms with E-state index in [4.69, 9.17) is 10.2 Å². The van der Waals surface area contributed by atoms with Crippen LogP contribution in [-0.2, 0) is 0 Å². The number of nitriles is 1. The molecular weight excluding hydrogens is 300 g/mol. The average molecular weight is 312 g/mol. The third-order valence-corrected chi connectivity index (χ3v) is 3.83. The molecule has 4 rings (SSSR count). The summed E-state index contributed by atoms with van der Waals surface area (Å²) in [6, 6.07) is 21.0. The molecule has 0 radical (unpaired) electrons. The summed E-state index contributed by atoms with van der Waals surface area (Å²) in [6.45, 7) is 0. The second-order valence-corrected chi connectivity index (χ2v) is 5.31. The molecule has 2 aliphatic rings. The molecule has 0 fully saturated rings. The van der Waals surface area contributed by atoms with Gasteiger partial charge in [0.05, 0.1) is 5.69 Å². The highest BCUT2D eigenvalue weighted by Gasteiger charge is 2.22. The third kappa shape index (κ3) is 2.18. The van der Waals surface area contributed by atoms with E-state index < -0.39 is 0 Å². The molecule has 1 aliphatic carbocycles. The molecule has 114 valence electrons. The molecule has 0 spiro atoms. The SMILES string of the molecule is N#Cc1cc2c(N=Nc3ccccc3)c3ccccc3c-2oc1N. The molecule has 2 aromatic carbocycles. The van der Waals surface area contributed by atoms with Gasteiger partial charge in [0.1, 0.15) is 23.1 Å². The van der Waals surface area contributed by atoms with Crippen LogP contribution in [0.4, 0.5) is 17.3 Å². The van der Waals surface area contributed by atoms with E-state index in [1.807, 2.05) is 60.7 Å². The Labute approximate surface area is 138 Å². The number of rotatable bonds is 2. The molecule has 1 heterocycles. The van der Waals surface area contributed by atoms with Crippen molar-refractivity contribution in [2.75, 3.05) is 5.73 Å². The van der Waals surface area contributed by atoms with Crippen LogP contribution in [0.1, 0.15) is 5.56 Å². The maximum Gasteiger partial charge on any atom is 0.208 e. The Balaban J connectivity index is 1.99. The Kier molecular flexibility index (Phi) is 3.22. The first kappa shape index (κ1) is 14.0. The van der Waals surface area contributed by atoms with Crippen LogP contribution in [-0.4, -0.2) is 0 Å². The maximum atomic E-state index is 9.21. The van der Waals surface area contributed by atoms with Gasteiger partial charge in [0.25, 0.3) is 0 Å². The van der Waals surface area contributed by atoms with E-state index in [1.54, 1.807) is 6.07 Å². The Hall–Kier alpha value is -3.65. The van der Waals surface area contributed by atoms with Gasteiger partial charge < -0.3 is 10.2 Å². The smallest absolute Gasteiger partial charge is 0.208 e. The number of hydrogen-bond donors (Lipinski definition) is 1. The van der Waals surface area contributed by atoms with Gasteiger partial charge in [-0.1, -0.05) is 42.5 Å². The van der Waals surface area contributed by atoms with E-state index in [2.05, 4.69) is 10.2 Å². The monoisotopic (exact) mass is 312 g/mol. The van der Waals surface area contributed by atoms with Crippen LogP contribution < -0.4 is 5.73 Å². The molecule has 2 N–H and O–H groups in total. The van der Waals surface area contributed by atoms with E-state index in [0.29, 0.717) is 11.4 Å². The predicted octanol–water partition coefficient (Wildman–Crippen LogP) is 5.41. The van der Waals surface area contributed by atoms with Crippen LogP contribution >= 0.6 is 0 Å². The number of benzene rings is 2. The van der Waals surface area contributed by atoms with Gasteiger partial charge in [-0.25, -0.2) is 0 Å². The Morgan fingerprint density at radius 1 is 0.917 bits per heavy atom. The van der Waals surface area contributed by atoms with Crippen molar-refractivity contribution in [1.29, 1.82) is 5.26 Å². The van der Waals surface area contributed by atoms with Crippen molar-refractivity contribution in [3.8, 4) is 17.4 Å². The zero-order chi connectivity index (χ0) is 16.5. The summed E-state index contributed by atoms with van der Waals surface area (Å²) in [6.07, 6.45) is 0. The van der Waals surface area contributed by atoms with Crippen molar-refractivity contribution >= 4 is 28.0 Å². The second kappa shape index (κ2) is 5.52. The highest BCUT2D eigenvalue weighted by molar-refractivity contribution is 6.10. The number of nitrogen functional groups attached to an aromatic ring is 1. The zero-order valence-corrected chi connectivity index (χ0v) is 12.6. The fourth-order valence-corrected chi connectivity index (χ4v) is 2.71. The minimum Gasteiger partial charge on any atom is -0.439 e. The lowest BCUT2D eigenvalue weighted by Crippen LogP contribution is -1.91. The Morgan fingerprint density at radius 3 is 2.38 bits per heavy atom. The van der Waals surface area contributed by atoms with Crippen molar-refractivity contribution in [3.63, 3.8) is 0 Å². The number of nitrogens with two attached hydrogens (primary N) is 1. The summed E-state index contributed by atoms with van der Waals surface area (Å²) in [7, 11) is 0. The van der Waals surface area contributed by atoms with Crippen molar-refractivity contribution in [2.24, 2.45) is 10.2 Å². The topological polar surface area (TPSA) is 87.7 Å². The average Bonchev–Trinajstić information content (AvgIpc) is 2.93. The Morgan fingerprint density at radius 2 is 1.62 bits per heavy atom. The fourth-order valence-electron chi connectivity index (χ4n) is 2.71. The molecule has 0 amide bonds. The maximum absolute atomic E-state index is 9.21. The van der Waals surface area contributed by atoms with Crippen molar-refractivity contribution in [3.05, 3.63) is 66.2 Å². The lowest BCUT2D eigenvalue weighted by Gasteiger charge is -2.03. The third-order valence-electron chi connectivity index (χ3n) is 3.83. The van der Waals surface area contributed by atoms with Crippen LogP contribution in [0.5, 0.6) is 0 Å². The number of fused-ring (bicyclic) bond motifs is 3. The fraction of sp³-hybridized carbons (Fsp3) is 0. The van der Waals surface area contributed by atoms with Gasteiger partial charge in [-0.3, -0.25) is 0 Å². The summed E-state index contributed by atoms with van der Waals surface area (Å²) in [5.41, 5.74) is 8.25. The largest absolute Gasteiger partial charge is 0.439 e. The molecule has 0 bridgehead atoms. The molecule has 0 saturated carbocycles. The highest BCUT2D eigenvalue weighted by atomic mass is 16.3. The highest BCUT2D eigenvalue weighted by Crippen LogP contribution is 2.46. The molecule has 5 heteroatoms. The van der Waals surface area contributed by atoms with Gasteiger partial charge in [-0.15, -0.1) is 5.11 Å². The van der Waals surface area contributed by atoms with Gasteiger partial charge in [-0.2, -0.15) is 10.4 Å². The lowest BCUT2D eigenvalue weighted by atomic mass is 10.1. The lowest BCUT2D eigenvalue weighted by molar-refractivity contribution is 0.591. The molecule has 5 nitrogen and oxygen atoms in total. The van der Waals surface area contributed by atoms with Crippen LogP contribution in [0.25, 0.3) is 22.1 Å². The van der Waals surface area contributed by atoms with Crippen LogP contribution in [0, 0.1) is 11.3 Å². The first-order chi connectivity index (χ1) is 11.8. The van der Waals surface area contributed by atoms with Gasteiger partial charge in [0.2, 0.25) is 5.88 Å². The summed E-state index contributed by atoms with van der Waals surface area (Å²) >= 11 is 0. The van der Waals surface area contributed by atoms with Gasteiger partial charge in [-0.05, 0) is 18.2 Å². The predicted molar refractivity (Wildman–Crippen MR) is 92.6 cm³/mol. The van der Waals surface area contributed by atoms with E-state index in [1.165, 1.54) is 0 Å². The van der Waals surface area contributed by atoms with Crippen molar-refractivity contribution in [2.45, 2.75) is 0 Å². The number of nitrogens with zero attached hydrogens (tertiary/aromatic N) is 3. The molecule has 1 aliphatic heterocycles. The standard InChI is InChI=1S/C19H12N4O/c20-11-12-10-16-17(23-22-13-6-2-1-3-7-13)14-8-4-5-9-15(14)18(16)24-19(12)21/h1-10H,21H2. The van der Waals surface area contributed by atoms with Crippen molar-refractivity contribution < 1.29 is 4.42 Å². The zero-order valence-electron chi connectivity index (χ0n) is 12.6. The molecule has 0 aromatic heterocycles. The molecule has 2 aromatic rings. The summed E-state index contributed by atoms with van der Waals surface area (Å²) in [5, 5.41) is 19.7. The summed E-state index contributed by atoms with van der Waals surface area (Å²) in [4.78, 5) is 0. The minimum atomic E-state index is 0.104. The van der Waals surface area contributed by atoms with Crippen LogP contribution in [0.2, 0.25) is 0 Å². The molecular formula is C19H12N4O. The summed E-state index contributed by atoms with van der Waals surface area (Å²) < 4.78 is 5.68. The molecule has 24 heavy (non-hydrogen) atoms. The summed E-state index contributed by atoms with van der Waals surface area (Å²) in [5.74, 6) is 0.719. The van der Waals surface area contributed by atoms with Gasteiger partial charge in [0, 0.05) is 16.3 Å². The number of anilines is 1. The van der Waals surface area contributed by atoms with E-state index in [-0.39, 0.29) is 11.4 Å². The van der Waals surface area contributed by atoms with Crippen LogP contribution in [0.3, 0.4) is 0 Å². The van der Waals surface area contributed by atoms with E-state index in [9.17, 15) is 5.26 Å². The molecule has 0 atom stereocenters. The first-order valence-corrected chi connectivity index (χ1v) is 7.38. The second-order valence-electron chi connectivity index (χ2n) is 5.31. The van der Waals surface area contributed by atoms with Gasteiger partial charge >= 0.3 is 0 Å². The van der Waals surface area contributed by atoms with E-state index in [0.717, 1.165) is 22.0 Å². The van der Waals surface area contributed by atoms with E-state index >= 15 is 0 Å². The molecule has 0 saturated heterocycles.